The lowest BCUT2D eigenvalue weighted by atomic mass is 9.93. The number of fused-ring (bicyclic) bond motifs is 1. The number of nitrogens with zero attached hydrogens (tertiary/aromatic N) is 1. The third-order valence-electron chi connectivity index (χ3n) is 5.57. The third kappa shape index (κ3) is 3.75. The Morgan fingerprint density at radius 1 is 0.909 bits per heavy atom. The Labute approximate surface area is 198 Å². The number of benzene rings is 3. The number of nitrogens with two attached hydrogens (primary N) is 1. The number of hydrogen-bond donors (Lipinski definition) is 3. The largest absolute Gasteiger partial charge is 0.508 e. The molecule has 0 unspecified atom stereocenters. The number of nitrogen functional groups attached to an aromatic ring is 1. The number of phenolic OH excluding ortho intramolecular Hbond substituents is 2. The molecule has 3 aromatic carbocycles. The van der Waals surface area contributed by atoms with Crippen molar-refractivity contribution in [3.63, 3.8) is 0 Å². The zero-order valence-corrected chi connectivity index (χ0v) is 19.6. The van der Waals surface area contributed by atoms with Gasteiger partial charge in [-0.05, 0) is 60.9 Å². The minimum atomic E-state index is -0.0996. The number of thiophene rings is 1. The molecule has 0 aliphatic heterocycles. The molecular formula is C26H20N2O3S2. The van der Waals surface area contributed by atoms with Crippen molar-refractivity contribution in [2.24, 2.45) is 0 Å². The summed E-state index contributed by atoms with van der Waals surface area (Å²) in [6.07, 6.45) is 0. The average molecular weight is 473 g/mol. The first-order chi connectivity index (χ1) is 15.8. The van der Waals surface area contributed by atoms with E-state index < -0.39 is 0 Å². The number of phenols is 2. The van der Waals surface area contributed by atoms with Gasteiger partial charge < -0.3 is 15.9 Å². The van der Waals surface area contributed by atoms with Crippen molar-refractivity contribution in [3.05, 3.63) is 81.5 Å². The lowest BCUT2D eigenvalue weighted by molar-refractivity contribution is 0.104. The number of thiazole rings is 1. The first-order valence-electron chi connectivity index (χ1n) is 10.2. The van der Waals surface area contributed by atoms with E-state index in [1.165, 1.54) is 22.7 Å². The summed E-state index contributed by atoms with van der Waals surface area (Å²) < 4.78 is 0.833. The Hall–Kier alpha value is -3.68. The number of ketones is 1. The topological polar surface area (TPSA) is 96.4 Å². The maximum absolute atomic E-state index is 13.8. The predicted octanol–water partition coefficient (Wildman–Crippen LogP) is 6.53. The molecule has 2 heterocycles. The number of rotatable bonds is 4. The SMILES string of the molecule is Cc1cc(O)cc(C)c1C(=O)c1sc2cc(O)ccc2c1-c1ccc(-c2nc(N)cs2)cc1. The van der Waals surface area contributed by atoms with Crippen LogP contribution in [0.2, 0.25) is 0 Å². The normalized spacial score (nSPS) is 11.2. The summed E-state index contributed by atoms with van der Waals surface area (Å²) >= 11 is 2.85. The number of carbonyl (C=O) groups is 1. The van der Waals surface area contributed by atoms with E-state index in [2.05, 4.69) is 4.98 Å². The molecule has 33 heavy (non-hydrogen) atoms. The molecule has 164 valence electrons. The van der Waals surface area contributed by atoms with Crippen molar-refractivity contribution in [1.82, 2.24) is 4.98 Å². The van der Waals surface area contributed by atoms with E-state index in [1.807, 2.05) is 44.2 Å². The van der Waals surface area contributed by atoms with E-state index in [-0.39, 0.29) is 17.3 Å². The van der Waals surface area contributed by atoms with Gasteiger partial charge in [0, 0.05) is 32.2 Å². The number of aryl methyl sites for hydroxylation is 2. The van der Waals surface area contributed by atoms with Crippen LogP contribution in [0.5, 0.6) is 11.5 Å². The van der Waals surface area contributed by atoms with Gasteiger partial charge in [-0.15, -0.1) is 22.7 Å². The first-order valence-corrected chi connectivity index (χ1v) is 11.9. The van der Waals surface area contributed by atoms with E-state index in [1.54, 1.807) is 29.6 Å². The van der Waals surface area contributed by atoms with Crippen LogP contribution in [0.4, 0.5) is 5.82 Å². The van der Waals surface area contributed by atoms with Crippen molar-refractivity contribution >= 4 is 44.4 Å². The van der Waals surface area contributed by atoms with Gasteiger partial charge in [0.05, 0.1) is 4.88 Å². The lowest BCUT2D eigenvalue weighted by Crippen LogP contribution is -2.06. The third-order valence-corrected chi connectivity index (χ3v) is 7.63. The van der Waals surface area contributed by atoms with Crippen molar-refractivity contribution < 1.29 is 15.0 Å². The van der Waals surface area contributed by atoms with E-state index in [0.717, 1.165) is 42.9 Å². The summed E-state index contributed by atoms with van der Waals surface area (Å²) in [6.45, 7) is 3.65. The first kappa shape index (κ1) is 21.2. The molecular weight excluding hydrogens is 452 g/mol. The van der Waals surface area contributed by atoms with E-state index >= 15 is 0 Å². The quantitative estimate of drug-likeness (QED) is 0.258. The average Bonchev–Trinajstić information content (AvgIpc) is 3.36. The standard InChI is InChI=1S/C26H20N2O3S2/c1-13-9-18(30)10-14(2)22(13)24(31)25-23(19-8-7-17(29)11-20(19)33-25)15-3-5-16(6-4-15)26-28-21(27)12-32-26/h3-12,29-30H,27H2,1-2H3. The second-order valence-electron chi connectivity index (χ2n) is 7.93. The van der Waals surface area contributed by atoms with Gasteiger partial charge in [0.25, 0.3) is 0 Å². The Balaban J connectivity index is 1.69. The molecule has 5 nitrogen and oxygen atoms in total. The van der Waals surface area contributed by atoms with Gasteiger partial charge in [0.1, 0.15) is 22.3 Å². The van der Waals surface area contributed by atoms with Gasteiger partial charge in [0.15, 0.2) is 0 Å². The zero-order valence-electron chi connectivity index (χ0n) is 17.9. The maximum atomic E-state index is 13.8. The second kappa shape index (κ2) is 8.03. The van der Waals surface area contributed by atoms with Gasteiger partial charge in [-0.3, -0.25) is 4.79 Å². The van der Waals surface area contributed by atoms with Crippen LogP contribution in [0.25, 0.3) is 31.8 Å². The van der Waals surface area contributed by atoms with Crippen LogP contribution < -0.4 is 5.73 Å². The highest BCUT2D eigenvalue weighted by atomic mass is 32.1. The molecule has 0 saturated carbocycles. The van der Waals surface area contributed by atoms with Crippen LogP contribution in [0, 0.1) is 13.8 Å². The van der Waals surface area contributed by atoms with Crippen molar-refractivity contribution in [1.29, 1.82) is 0 Å². The lowest BCUT2D eigenvalue weighted by Gasteiger charge is -2.11. The minimum Gasteiger partial charge on any atom is -0.508 e. The molecule has 0 radical (unpaired) electrons. The van der Waals surface area contributed by atoms with Crippen LogP contribution >= 0.6 is 22.7 Å². The summed E-state index contributed by atoms with van der Waals surface area (Å²) in [4.78, 5) is 18.7. The Bertz CT molecular complexity index is 1510. The van der Waals surface area contributed by atoms with E-state index in [4.69, 9.17) is 5.73 Å². The molecule has 0 fully saturated rings. The smallest absolute Gasteiger partial charge is 0.204 e. The second-order valence-corrected chi connectivity index (χ2v) is 9.84. The maximum Gasteiger partial charge on any atom is 0.204 e. The van der Waals surface area contributed by atoms with Crippen LogP contribution in [0.15, 0.2) is 60.0 Å². The molecule has 0 bridgehead atoms. The van der Waals surface area contributed by atoms with Crippen molar-refractivity contribution in [2.45, 2.75) is 13.8 Å². The summed E-state index contributed by atoms with van der Waals surface area (Å²) in [7, 11) is 0. The zero-order chi connectivity index (χ0) is 23.3. The van der Waals surface area contributed by atoms with Crippen molar-refractivity contribution in [2.75, 3.05) is 5.73 Å². The van der Waals surface area contributed by atoms with E-state index in [0.29, 0.717) is 16.3 Å². The highest BCUT2D eigenvalue weighted by Gasteiger charge is 2.24. The van der Waals surface area contributed by atoms with Gasteiger partial charge in [-0.2, -0.15) is 0 Å². The van der Waals surface area contributed by atoms with Crippen LogP contribution in [-0.4, -0.2) is 21.0 Å². The van der Waals surface area contributed by atoms with Gasteiger partial charge in [-0.1, -0.05) is 24.3 Å². The summed E-state index contributed by atoms with van der Waals surface area (Å²) in [5, 5.41) is 23.5. The molecule has 0 spiro atoms. The van der Waals surface area contributed by atoms with Crippen LogP contribution in [0.3, 0.4) is 0 Å². The number of aromatic hydroxyl groups is 2. The summed E-state index contributed by atoms with van der Waals surface area (Å²) in [5.74, 6) is 0.692. The molecule has 0 aliphatic rings. The molecule has 0 atom stereocenters. The highest BCUT2D eigenvalue weighted by molar-refractivity contribution is 7.21. The Morgan fingerprint density at radius 3 is 2.21 bits per heavy atom. The Kier molecular flexibility index (Phi) is 5.15. The van der Waals surface area contributed by atoms with Gasteiger partial charge >= 0.3 is 0 Å². The molecule has 4 N–H and O–H groups in total. The minimum absolute atomic E-state index is 0.0996. The fourth-order valence-electron chi connectivity index (χ4n) is 4.14. The monoisotopic (exact) mass is 472 g/mol. The number of hydrogen-bond acceptors (Lipinski definition) is 7. The molecule has 0 saturated heterocycles. The van der Waals surface area contributed by atoms with Crippen LogP contribution in [0.1, 0.15) is 26.4 Å². The molecule has 0 amide bonds. The molecule has 0 aliphatic carbocycles. The molecule has 7 heteroatoms. The fraction of sp³-hybridized carbons (Fsp3) is 0.0769. The highest BCUT2D eigenvalue weighted by Crippen LogP contribution is 2.42. The predicted molar refractivity (Wildman–Crippen MR) is 135 cm³/mol. The number of aromatic nitrogens is 1. The van der Waals surface area contributed by atoms with Crippen LogP contribution in [-0.2, 0) is 0 Å². The fourth-order valence-corrected chi connectivity index (χ4v) is 6.06. The molecule has 2 aromatic heterocycles. The Morgan fingerprint density at radius 2 is 1.58 bits per heavy atom. The summed E-state index contributed by atoms with van der Waals surface area (Å²) in [5.41, 5.74) is 10.5. The van der Waals surface area contributed by atoms with Gasteiger partial charge in [-0.25, -0.2) is 4.98 Å². The number of carbonyl (C=O) groups excluding carboxylic acids is 1. The van der Waals surface area contributed by atoms with Gasteiger partial charge in [0.2, 0.25) is 5.78 Å². The molecule has 5 aromatic rings. The van der Waals surface area contributed by atoms with E-state index in [9.17, 15) is 15.0 Å². The van der Waals surface area contributed by atoms with Crippen molar-refractivity contribution in [3.8, 4) is 33.2 Å². The number of anilines is 1. The molecule has 5 rings (SSSR count). The summed E-state index contributed by atoms with van der Waals surface area (Å²) in [6, 6.07) is 16.3.